The molecule has 6 nitrogen and oxygen atoms in total. The summed E-state index contributed by atoms with van der Waals surface area (Å²) >= 11 is 5.50. The number of amides is 4. The Kier molecular flexibility index (Phi) is 5.16. The number of carbonyl (C=O) groups is 3. The fraction of sp³-hybridized carbons (Fsp3) is 0.357. The lowest BCUT2D eigenvalue weighted by molar-refractivity contribution is 0.0656. The highest BCUT2D eigenvalue weighted by Gasteiger charge is 2.34. The van der Waals surface area contributed by atoms with Crippen molar-refractivity contribution in [3.05, 3.63) is 35.4 Å². The molecule has 2 rings (SSSR count). The lowest BCUT2D eigenvalue weighted by Crippen LogP contribution is -2.42. The highest BCUT2D eigenvalue weighted by Crippen LogP contribution is 2.21. The van der Waals surface area contributed by atoms with Gasteiger partial charge >= 0.3 is 6.03 Å². The summed E-state index contributed by atoms with van der Waals surface area (Å²) < 4.78 is 0. The Balaban J connectivity index is 1.81. The van der Waals surface area contributed by atoms with Crippen LogP contribution >= 0.6 is 11.6 Å². The third kappa shape index (κ3) is 3.52. The number of alkyl halides is 1. The molecule has 0 spiro atoms. The minimum atomic E-state index is -0.336. The second-order valence-corrected chi connectivity index (χ2v) is 4.91. The van der Waals surface area contributed by atoms with E-state index in [0.717, 1.165) is 4.90 Å². The molecule has 112 valence electrons. The van der Waals surface area contributed by atoms with Gasteiger partial charge in [0.1, 0.15) is 0 Å². The molecule has 0 radical (unpaired) electrons. The number of halogens is 1. The predicted molar refractivity (Wildman–Crippen MR) is 78.5 cm³/mol. The van der Waals surface area contributed by atoms with E-state index in [1.54, 1.807) is 24.3 Å². The van der Waals surface area contributed by atoms with Crippen LogP contribution in [0.25, 0.3) is 0 Å². The third-order valence-electron chi connectivity index (χ3n) is 3.10. The smallest absolute Gasteiger partial charge is 0.314 e. The van der Waals surface area contributed by atoms with Gasteiger partial charge in [0, 0.05) is 25.5 Å². The number of benzene rings is 1. The number of fused-ring (bicyclic) bond motifs is 1. The molecule has 0 bridgehead atoms. The van der Waals surface area contributed by atoms with Crippen LogP contribution in [0.4, 0.5) is 4.79 Å². The summed E-state index contributed by atoms with van der Waals surface area (Å²) in [5.41, 5.74) is 0.822. The normalized spacial score (nSPS) is 13.3. The maximum absolute atomic E-state index is 12.1. The van der Waals surface area contributed by atoms with Gasteiger partial charge in [-0.25, -0.2) is 4.79 Å². The molecule has 2 N–H and O–H groups in total. The molecule has 1 aliphatic heterocycles. The minimum Gasteiger partial charge on any atom is -0.338 e. The van der Waals surface area contributed by atoms with Crippen molar-refractivity contribution < 1.29 is 14.4 Å². The van der Waals surface area contributed by atoms with Gasteiger partial charge in [0.2, 0.25) is 0 Å². The predicted octanol–water partition coefficient (Wildman–Crippen LogP) is 1.21. The monoisotopic (exact) mass is 309 g/mol. The maximum atomic E-state index is 12.1. The van der Waals surface area contributed by atoms with E-state index in [-0.39, 0.29) is 30.9 Å². The summed E-state index contributed by atoms with van der Waals surface area (Å²) in [4.78, 5) is 36.7. The van der Waals surface area contributed by atoms with Gasteiger partial charge in [0.15, 0.2) is 0 Å². The molecule has 4 amide bonds. The van der Waals surface area contributed by atoms with Crippen LogP contribution in [-0.2, 0) is 0 Å². The maximum Gasteiger partial charge on any atom is 0.314 e. The van der Waals surface area contributed by atoms with E-state index < -0.39 is 0 Å². The number of rotatable bonds is 6. The fourth-order valence-corrected chi connectivity index (χ4v) is 2.19. The van der Waals surface area contributed by atoms with Gasteiger partial charge in [0.05, 0.1) is 11.1 Å². The zero-order chi connectivity index (χ0) is 15.2. The Labute approximate surface area is 127 Å². The van der Waals surface area contributed by atoms with E-state index in [1.165, 1.54) is 0 Å². The van der Waals surface area contributed by atoms with Gasteiger partial charge < -0.3 is 10.6 Å². The first kappa shape index (κ1) is 15.3. The Morgan fingerprint density at radius 2 is 1.62 bits per heavy atom. The van der Waals surface area contributed by atoms with Crippen LogP contribution in [0.15, 0.2) is 24.3 Å². The summed E-state index contributed by atoms with van der Waals surface area (Å²) in [7, 11) is 0. The second kappa shape index (κ2) is 7.08. The average molecular weight is 310 g/mol. The quantitative estimate of drug-likeness (QED) is 0.471. The Hall–Kier alpha value is -2.08. The van der Waals surface area contributed by atoms with Crippen molar-refractivity contribution in [3.63, 3.8) is 0 Å². The van der Waals surface area contributed by atoms with Crippen LogP contribution < -0.4 is 10.6 Å². The van der Waals surface area contributed by atoms with E-state index in [1.807, 2.05) is 0 Å². The first-order valence-corrected chi connectivity index (χ1v) is 7.21. The molecule has 1 aromatic rings. The van der Waals surface area contributed by atoms with Crippen molar-refractivity contribution in [1.82, 2.24) is 15.5 Å². The highest BCUT2D eigenvalue weighted by atomic mass is 35.5. The number of urea groups is 1. The second-order valence-electron chi connectivity index (χ2n) is 4.53. The van der Waals surface area contributed by atoms with Crippen LogP contribution in [-0.4, -0.2) is 48.3 Å². The van der Waals surface area contributed by atoms with Crippen molar-refractivity contribution in [2.24, 2.45) is 0 Å². The topological polar surface area (TPSA) is 78.5 Å². The summed E-state index contributed by atoms with van der Waals surface area (Å²) in [6.07, 6.45) is 0.688. The lowest BCUT2D eigenvalue weighted by atomic mass is 10.1. The van der Waals surface area contributed by atoms with E-state index in [4.69, 9.17) is 11.6 Å². The number of carbonyl (C=O) groups excluding carboxylic acids is 3. The summed E-state index contributed by atoms with van der Waals surface area (Å²) in [5, 5.41) is 5.22. The molecular weight excluding hydrogens is 294 g/mol. The first-order chi connectivity index (χ1) is 10.1. The summed E-state index contributed by atoms with van der Waals surface area (Å²) in [6.45, 7) is 0.843. The molecule has 0 saturated heterocycles. The third-order valence-corrected chi connectivity index (χ3v) is 3.36. The Morgan fingerprint density at radius 3 is 2.19 bits per heavy atom. The lowest BCUT2D eigenvalue weighted by Gasteiger charge is -2.14. The van der Waals surface area contributed by atoms with Gasteiger partial charge in [-0.2, -0.15) is 0 Å². The molecule has 1 heterocycles. The van der Waals surface area contributed by atoms with Gasteiger partial charge in [-0.05, 0) is 18.6 Å². The first-order valence-electron chi connectivity index (χ1n) is 6.68. The van der Waals surface area contributed by atoms with Gasteiger partial charge in [-0.1, -0.05) is 12.1 Å². The van der Waals surface area contributed by atoms with Crippen LogP contribution in [0.5, 0.6) is 0 Å². The zero-order valence-corrected chi connectivity index (χ0v) is 12.2. The molecule has 1 aromatic carbocycles. The van der Waals surface area contributed by atoms with E-state index in [0.29, 0.717) is 30.0 Å². The Morgan fingerprint density at radius 1 is 1.05 bits per heavy atom. The van der Waals surface area contributed by atoms with E-state index >= 15 is 0 Å². The number of imide groups is 1. The van der Waals surface area contributed by atoms with Crippen molar-refractivity contribution in [1.29, 1.82) is 0 Å². The SMILES string of the molecule is O=C(NCCCCl)NCCN1C(=O)c2ccccc2C1=O. The summed E-state index contributed by atoms with van der Waals surface area (Å²) in [6, 6.07) is 6.35. The van der Waals surface area contributed by atoms with Gasteiger partial charge in [-0.3, -0.25) is 14.5 Å². The Bertz CT molecular complexity index is 527. The highest BCUT2D eigenvalue weighted by molar-refractivity contribution is 6.21. The fourth-order valence-electron chi connectivity index (χ4n) is 2.05. The molecular formula is C14H16ClN3O3. The standard InChI is InChI=1S/C14H16ClN3O3/c15-6-3-7-16-14(21)17-8-9-18-12(19)10-4-1-2-5-11(10)13(18)20/h1-2,4-5H,3,6-9H2,(H2,16,17,21). The number of nitrogens with one attached hydrogen (secondary N) is 2. The molecule has 21 heavy (non-hydrogen) atoms. The van der Waals surface area contributed by atoms with Crippen molar-refractivity contribution in [2.45, 2.75) is 6.42 Å². The van der Waals surface area contributed by atoms with Crippen molar-refractivity contribution in [2.75, 3.05) is 25.5 Å². The van der Waals surface area contributed by atoms with Crippen molar-refractivity contribution in [3.8, 4) is 0 Å². The average Bonchev–Trinajstić information content (AvgIpc) is 2.73. The minimum absolute atomic E-state index is 0.148. The molecule has 7 heteroatoms. The van der Waals surface area contributed by atoms with Crippen LogP contribution in [0.1, 0.15) is 27.1 Å². The number of nitrogens with zero attached hydrogens (tertiary/aromatic N) is 1. The van der Waals surface area contributed by atoms with Gasteiger partial charge in [-0.15, -0.1) is 11.6 Å². The van der Waals surface area contributed by atoms with Crippen molar-refractivity contribution >= 4 is 29.4 Å². The molecule has 0 aliphatic carbocycles. The molecule has 0 aromatic heterocycles. The molecule has 0 unspecified atom stereocenters. The van der Waals surface area contributed by atoms with Gasteiger partial charge in [0.25, 0.3) is 11.8 Å². The summed E-state index contributed by atoms with van der Waals surface area (Å²) in [5.74, 6) is -0.158. The number of hydrogen-bond donors (Lipinski definition) is 2. The van der Waals surface area contributed by atoms with Crippen LogP contribution in [0, 0.1) is 0 Å². The molecule has 0 fully saturated rings. The zero-order valence-electron chi connectivity index (χ0n) is 11.4. The molecule has 0 atom stereocenters. The van der Waals surface area contributed by atoms with E-state index in [2.05, 4.69) is 10.6 Å². The van der Waals surface area contributed by atoms with Crippen LogP contribution in [0.3, 0.4) is 0 Å². The largest absolute Gasteiger partial charge is 0.338 e. The number of hydrogen-bond acceptors (Lipinski definition) is 3. The molecule has 0 saturated carbocycles. The molecule has 1 aliphatic rings. The van der Waals surface area contributed by atoms with Crippen LogP contribution in [0.2, 0.25) is 0 Å². The van der Waals surface area contributed by atoms with E-state index in [9.17, 15) is 14.4 Å².